The number of nitrogens with zero attached hydrogens (tertiary/aromatic N) is 3. The summed E-state index contributed by atoms with van der Waals surface area (Å²) in [7, 11) is -1.82. The third kappa shape index (κ3) is 3.52. The van der Waals surface area contributed by atoms with E-state index < -0.39 is 10.0 Å². The zero-order valence-electron chi connectivity index (χ0n) is 10.3. The van der Waals surface area contributed by atoms with Gasteiger partial charge in [0.25, 0.3) is 0 Å². The molecule has 8 heteroatoms. The smallest absolute Gasteiger partial charge is 0.240 e. The van der Waals surface area contributed by atoms with Crippen LogP contribution in [-0.2, 0) is 23.5 Å². The van der Waals surface area contributed by atoms with Crippen molar-refractivity contribution in [3.8, 4) is 5.75 Å². The lowest BCUT2D eigenvalue weighted by atomic mass is 10.3. The van der Waals surface area contributed by atoms with Crippen molar-refractivity contribution in [3.05, 3.63) is 36.4 Å². The molecule has 2 N–H and O–H groups in total. The molecule has 0 spiro atoms. The van der Waals surface area contributed by atoms with Gasteiger partial charge in [0.1, 0.15) is 12.1 Å². The minimum Gasteiger partial charge on any atom is -0.508 e. The van der Waals surface area contributed by atoms with E-state index in [-0.39, 0.29) is 17.2 Å². The van der Waals surface area contributed by atoms with Crippen LogP contribution >= 0.6 is 0 Å². The van der Waals surface area contributed by atoms with E-state index in [9.17, 15) is 8.42 Å². The molecular weight excluding hydrogens is 268 g/mol. The lowest BCUT2D eigenvalue weighted by Crippen LogP contribution is -2.26. The van der Waals surface area contributed by atoms with Crippen molar-refractivity contribution in [2.45, 2.75) is 11.3 Å². The Bertz CT molecular complexity index is 649. The number of aryl methyl sites for hydroxylation is 1. The van der Waals surface area contributed by atoms with Crippen LogP contribution in [0.2, 0.25) is 0 Å². The average Bonchev–Trinajstić information content (AvgIpc) is 2.75. The molecule has 0 saturated heterocycles. The molecule has 0 amide bonds. The molecule has 1 aromatic carbocycles. The predicted octanol–water partition coefficient (Wildman–Crippen LogP) is 0.0417. The highest BCUT2D eigenvalue weighted by atomic mass is 32.2. The molecule has 0 unspecified atom stereocenters. The number of benzene rings is 1. The molecule has 0 aliphatic carbocycles. The fourth-order valence-electron chi connectivity index (χ4n) is 1.50. The average molecular weight is 282 g/mol. The van der Waals surface area contributed by atoms with Crippen LogP contribution in [-0.4, -0.2) is 34.8 Å². The molecule has 0 atom stereocenters. The Balaban J connectivity index is 1.96. The summed E-state index contributed by atoms with van der Waals surface area (Å²) in [6.07, 6.45) is 1.97. The zero-order chi connectivity index (χ0) is 13.9. The third-order valence-corrected chi connectivity index (χ3v) is 3.91. The van der Waals surface area contributed by atoms with Gasteiger partial charge in [-0.2, -0.15) is 5.10 Å². The Morgan fingerprint density at radius 2 is 2.00 bits per heavy atom. The number of phenolic OH excluding ortho intramolecular Hbond substituents is 1. The van der Waals surface area contributed by atoms with Crippen LogP contribution < -0.4 is 4.72 Å². The van der Waals surface area contributed by atoms with E-state index in [2.05, 4.69) is 14.8 Å². The van der Waals surface area contributed by atoms with Crippen LogP contribution in [0.3, 0.4) is 0 Å². The maximum absolute atomic E-state index is 11.9. The highest BCUT2D eigenvalue weighted by Crippen LogP contribution is 2.13. The fourth-order valence-corrected chi connectivity index (χ4v) is 2.54. The third-order valence-electron chi connectivity index (χ3n) is 2.43. The zero-order valence-corrected chi connectivity index (χ0v) is 11.1. The highest BCUT2D eigenvalue weighted by Gasteiger charge is 2.13. The number of aromatic nitrogens is 3. The number of aromatic hydroxyl groups is 1. The molecule has 1 aromatic heterocycles. The molecule has 2 rings (SSSR count). The molecule has 102 valence electrons. The van der Waals surface area contributed by atoms with Crippen LogP contribution in [0.5, 0.6) is 5.75 Å². The highest BCUT2D eigenvalue weighted by molar-refractivity contribution is 7.89. The van der Waals surface area contributed by atoms with Gasteiger partial charge in [-0.05, 0) is 24.3 Å². The van der Waals surface area contributed by atoms with E-state index in [1.807, 2.05) is 0 Å². The van der Waals surface area contributed by atoms with Crippen molar-refractivity contribution in [1.29, 1.82) is 0 Å². The first-order chi connectivity index (χ1) is 8.97. The van der Waals surface area contributed by atoms with Gasteiger partial charge in [-0.3, -0.25) is 4.68 Å². The molecule has 0 aliphatic rings. The standard InChI is InChI=1S/C11H14N4O3S/c1-15-8-12-11(14-15)6-7-13-19(17,18)10-4-2-9(16)3-5-10/h2-5,8,13,16H,6-7H2,1H3. The molecule has 2 aromatic rings. The number of hydrogen-bond donors (Lipinski definition) is 2. The van der Waals surface area contributed by atoms with Crippen LogP contribution in [0.4, 0.5) is 0 Å². The van der Waals surface area contributed by atoms with Gasteiger partial charge in [-0.15, -0.1) is 0 Å². The van der Waals surface area contributed by atoms with E-state index in [0.29, 0.717) is 12.2 Å². The summed E-state index contributed by atoms with van der Waals surface area (Å²) in [5.74, 6) is 0.604. The summed E-state index contributed by atoms with van der Waals surface area (Å²) < 4.78 is 27.8. The Labute approximate surface area is 111 Å². The van der Waals surface area contributed by atoms with Crippen molar-refractivity contribution >= 4 is 10.0 Å². The SMILES string of the molecule is Cn1cnc(CCNS(=O)(=O)c2ccc(O)cc2)n1. The first kappa shape index (κ1) is 13.5. The maximum Gasteiger partial charge on any atom is 0.240 e. The first-order valence-corrected chi connectivity index (χ1v) is 7.09. The predicted molar refractivity (Wildman–Crippen MR) is 68.0 cm³/mol. The minimum absolute atomic E-state index is 0.0247. The molecule has 7 nitrogen and oxygen atoms in total. The van der Waals surface area contributed by atoms with E-state index in [1.54, 1.807) is 18.1 Å². The fraction of sp³-hybridized carbons (Fsp3) is 0.273. The summed E-state index contributed by atoms with van der Waals surface area (Å²) >= 11 is 0. The molecule has 0 saturated carbocycles. The summed E-state index contributed by atoms with van der Waals surface area (Å²) in [5.41, 5.74) is 0. The second-order valence-corrected chi connectivity index (χ2v) is 5.74. The largest absolute Gasteiger partial charge is 0.508 e. The van der Waals surface area contributed by atoms with Crippen molar-refractivity contribution in [2.75, 3.05) is 6.54 Å². The van der Waals surface area contributed by atoms with Gasteiger partial charge in [0.2, 0.25) is 10.0 Å². The molecule has 0 radical (unpaired) electrons. The number of nitrogens with one attached hydrogen (secondary N) is 1. The lowest BCUT2D eigenvalue weighted by Gasteiger charge is -2.05. The Morgan fingerprint density at radius 1 is 1.32 bits per heavy atom. The van der Waals surface area contributed by atoms with Gasteiger partial charge in [-0.25, -0.2) is 18.1 Å². The van der Waals surface area contributed by atoms with Gasteiger partial charge in [0, 0.05) is 20.0 Å². The summed E-state index contributed by atoms with van der Waals surface area (Å²) in [4.78, 5) is 4.11. The number of hydrogen-bond acceptors (Lipinski definition) is 5. The summed E-state index contributed by atoms with van der Waals surface area (Å²) in [6, 6.07) is 5.34. The van der Waals surface area contributed by atoms with Gasteiger partial charge in [0.05, 0.1) is 4.90 Å². The molecule has 0 fully saturated rings. The Kier molecular flexibility index (Phi) is 3.82. The van der Waals surface area contributed by atoms with Crippen molar-refractivity contribution in [1.82, 2.24) is 19.5 Å². The number of phenols is 1. The lowest BCUT2D eigenvalue weighted by molar-refractivity contribution is 0.474. The molecule has 0 bridgehead atoms. The Morgan fingerprint density at radius 3 is 2.58 bits per heavy atom. The molecular formula is C11H14N4O3S. The normalized spacial score (nSPS) is 11.6. The maximum atomic E-state index is 11.9. The van der Waals surface area contributed by atoms with E-state index in [1.165, 1.54) is 24.3 Å². The van der Waals surface area contributed by atoms with Crippen LogP contribution in [0.25, 0.3) is 0 Å². The van der Waals surface area contributed by atoms with Crippen LogP contribution in [0, 0.1) is 0 Å². The molecule has 19 heavy (non-hydrogen) atoms. The molecule has 1 heterocycles. The number of rotatable bonds is 5. The topological polar surface area (TPSA) is 97.1 Å². The van der Waals surface area contributed by atoms with E-state index in [4.69, 9.17) is 5.11 Å². The monoisotopic (exact) mass is 282 g/mol. The summed E-state index contributed by atoms with van der Waals surface area (Å²) in [6.45, 7) is 0.215. The summed E-state index contributed by atoms with van der Waals surface area (Å²) in [5, 5.41) is 13.2. The van der Waals surface area contributed by atoms with Gasteiger partial charge in [-0.1, -0.05) is 0 Å². The van der Waals surface area contributed by atoms with Crippen molar-refractivity contribution in [2.24, 2.45) is 7.05 Å². The second-order valence-electron chi connectivity index (χ2n) is 3.98. The molecule has 0 aliphatic heterocycles. The number of sulfonamides is 1. The second kappa shape index (κ2) is 5.37. The van der Waals surface area contributed by atoms with Crippen LogP contribution in [0.1, 0.15) is 5.82 Å². The van der Waals surface area contributed by atoms with Crippen molar-refractivity contribution < 1.29 is 13.5 Å². The van der Waals surface area contributed by atoms with Crippen molar-refractivity contribution in [3.63, 3.8) is 0 Å². The van der Waals surface area contributed by atoms with Gasteiger partial charge >= 0.3 is 0 Å². The first-order valence-electron chi connectivity index (χ1n) is 5.60. The van der Waals surface area contributed by atoms with Crippen LogP contribution in [0.15, 0.2) is 35.5 Å². The quantitative estimate of drug-likeness (QED) is 0.807. The minimum atomic E-state index is -3.56. The van der Waals surface area contributed by atoms with Gasteiger partial charge < -0.3 is 5.11 Å². The van der Waals surface area contributed by atoms with Gasteiger partial charge in [0.15, 0.2) is 5.82 Å². The van der Waals surface area contributed by atoms with E-state index in [0.717, 1.165) is 0 Å². The Hall–Kier alpha value is -1.93. The van der Waals surface area contributed by atoms with E-state index >= 15 is 0 Å².